The molecule has 0 saturated carbocycles. The van der Waals surface area contributed by atoms with Crippen molar-refractivity contribution in [2.24, 2.45) is 75.0 Å². The van der Waals surface area contributed by atoms with Gasteiger partial charge in [-0.1, -0.05) is 44.2 Å². The molecule has 0 unspecified atom stereocenters. The number of hydrogen-bond acceptors (Lipinski definition) is 10. The summed E-state index contributed by atoms with van der Waals surface area (Å²) in [6.45, 7) is 12.9. The molecule has 0 radical (unpaired) electrons. The van der Waals surface area contributed by atoms with Crippen LogP contribution in [0.1, 0.15) is 70.8 Å². The van der Waals surface area contributed by atoms with Crippen molar-refractivity contribution in [1.82, 2.24) is 9.13 Å². The molecule has 4 aliphatic heterocycles. The lowest BCUT2D eigenvalue weighted by Crippen LogP contribution is -3.00. The normalized spacial score (nSPS) is 17.1. The van der Waals surface area contributed by atoms with Gasteiger partial charge in [-0.25, -0.2) is 9.13 Å². The molecule has 0 atom stereocenters. The van der Waals surface area contributed by atoms with Gasteiger partial charge in [0.2, 0.25) is 11.7 Å². The maximum absolute atomic E-state index is 4.59. The first-order chi connectivity index (χ1) is 32.7. The molecule has 8 heterocycles. The van der Waals surface area contributed by atoms with Crippen LogP contribution in [0, 0.1) is 5.92 Å². The van der Waals surface area contributed by atoms with Crippen LogP contribution in [0.25, 0.3) is 0 Å². The van der Waals surface area contributed by atoms with E-state index in [0.29, 0.717) is 11.7 Å². The van der Waals surface area contributed by atoms with E-state index in [4.69, 9.17) is 0 Å². The second kappa shape index (κ2) is 25.4. The Labute approximate surface area is 419 Å². The Balaban J connectivity index is 0.000000221. The van der Waals surface area contributed by atoms with Crippen LogP contribution in [0.15, 0.2) is 145 Å². The van der Waals surface area contributed by atoms with Crippen LogP contribution in [0.3, 0.4) is 0 Å². The number of aryl methyl sites for hydroxylation is 4. The zero-order valence-corrected chi connectivity index (χ0v) is 42.6. The second-order valence-corrected chi connectivity index (χ2v) is 18.2. The van der Waals surface area contributed by atoms with Crippen LogP contribution in [-0.2, 0) is 28.2 Å². The van der Waals surface area contributed by atoms with Gasteiger partial charge in [-0.2, -0.15) is 0 Å². The van der Waals surface area contributed by atoms with Crippen LogP contribution < -0.4 is 64.5 Å². The number of hydrogen-bond donors (Lipinski definition) is 0. The molecule has 18 heteroatoms. The number of rotatable bonds is 10. The molecule has 0 aliphatic carbocycles. The highest BCUT2D eigenvalue weighted by atomic mass is 35.5. The summed E-state index contributed by atoms with van der Waals surface area (Å²) >= 11 is 0. The first-order valence-corrected chi connectivity index (χ1v) is 24.1. The van der Waals surface area contributed by atoms with Gasteiger partial charge in [0.05, 0.1) is 48.9 Å². The lowest BCUT2D eigenvalue weighted by molar-refractivity contribution is -0.658. The van der Waals surface area contributed by atoms with Crippen molar-refractivity contribution in [2.45, 2.75) is 65.2 Å². The monoisotopic (exact) mass is 975 g/mol. The van der Waals surface area contributed by atoms with Gasteiger partial charge < -0.3 is 53.5 Å². The van der Waals surface area contributed by atoms with E-state index in [1.807, 2.05) is 102 Å². The van der Waals surface area contributed by atoms with Gasteiger partial charge in [0, 0.05) is 137 Å². The lowest BCUT2D eigenvalue weighted by Gasteiger charge is -2.17. The molecule has 9 rings (SSSR count). The van der Waals surface area contributed by atoms with E-state index >= 15 is 0 Å². The van der Waals surface area contributed by atoms with E-state index in [9.17, 15) is 0 Å². The zero-order valence-electron chi connectivity index (χ0n) is 41.1. The van der Waals surface area contributed by atoms with Gasteiger partial charge in [0.25, 0.3) is 0 Å². The fraction of sp³-hybridized carbons (Fsp3) is 0.451. The summed E-state index contributed by atoms with van der Waals surface area (Å²) in [5.41, 5.74) is 7.23. The third-order valence-electron chi connectivity index (χ3n) is 12.9. The highest BCUT2D eigenvalue weighted by Gasteiger charge is 2.20. The highest BCUT2D eigenvalue weighted by Crippen LogP contribution is 2.25. The Kier molecular flexibility index (Phi) is 19.2. The van der Waals surface area contributed by atoms with Crippen LogP contribution in [0.5, 0.6) is 0 Å². The summed E-state index contributed by atoms with van der Waals surface area (Å²) in [7, 11) is 7.94. The molecular formula is C51H68Cl2N16. The van der Waals surface area contributed by atoms with Crippen LogP contribution >= 0.6 is 0 Å². The molecule has 4 aliphatic rings. The van der Waals surface area contributed by atoms with E-state index in [-0.39, 0.29) is 30.7 Å². The minimum Gasteiger partial charge on any atom is -1.00 e. The molecule has 0 N–H and O–H groups in total. The standard InChI is InChI=1S/C27H33N8.C24H35N8.2ClH/c1-32-18-12-23(34-14-6-7-15-34)20-25(32)28-30-27(22-10-4-3-5-11-22)31-29-26-21-24(13-19-33(26)2)35-16-8-9-17-35;1-19(2)24(27-25-22-17-20(9-15-29(22)3)31-11-5-6-12-31)28-26-23-18-21(10-16-30(23)4)32-13-7-8-14-32;;/h3-5,10-13,18-21H,6-9,14-17H2,1-2H3;9-10,15-19H,5-8,11-14H2,1-4H3;2*1H/q2*+1;;/p-2. The van der Waals surface area contributed by atoms with E-state index in [0.717, 1.165) is 80.5 Å². The number of halogens is 2. The van der Waals surface area contributed by atoms with Gasteiger partial charge in [0.15, 0.2) is 11.0 Å². The summed E-state index contributed by atoms with van der Waals surface area (Å²) < 4.78 is 7.92. The predicted octanol–water partition coefficient (Wildman–Crippen LogP) is 1.81. The van der Waals surface area contributed by atoms with E-state index in [1.165, 1.54) is 74.1 Å². The summed E-state index contributed by atoms with van der Waals surface area (Å²) in [6.07, 6.45) is 18.1. The number of amidine groups is 2. The Bertz CT molecular complexity index is 2720. The fourth-order valence-electron chi connectivity index (χ4n) is 8.65. The third kappa shape index (κ3) is 13.9. The number of benzene rings is 1. The van der Waals surface area contributed by atoms with E-state index in [1.54, 1.807) is 0 Å². The smallest absolute Gasteiger partial charge is 0.352 e. The quantitative estimate of drug-likeness (QED) is 0.0696. The van der Waals surface area contributed by atoms with Crippen molar-refractivity contribution in [2.75, 3.05) is 72.0 Å². The molecular weight excluding hydrogens is 908 g/mol. The molecule has 69 heavy (non-hydrogen) atoms. The molecule has 0 amide bonds. The number of anilines is 4. The molecule has 366 valence electrons. The second-order valence-electron chi connectivity index (χ2n) is 18.2. The largest absolute Gasteiger partial charge is 1.00 e. The molecule has 1 aromatic carbocycles. The van der Waals surface area contributed by atoms with Crippen molar-refractivity contribution < 1.29 is 33.9 Å². The van der Waals surface area contributed by atoms with Crippen LogP contribution in [-0.4, -0.2) is 73.2 Å². The topological polar surface area (TPSA) is 129 Å². The average Bonchev–Trinajstić information content (AvgIpc) is 4.21. The van der Waals surface area contributed by atoms with Crippen molar-refractivity contribution in [1.29, 1.82) is 0 Å². The fourth-order valence-corrected chi connectivity index (χ4v) is 8.65. The minimum atomic E-state index is 0. The number of azo groups is 2. The van der Waals surface area contributed by atoms with Crippen molar-refractivity contribution in [3.63, 3.8) is 0 Å². The molecule has 4 fully saturated rings. The van der Waals surface area contributed by atoms with Gasteiger partial charge in [-0.15, -0.1) is 20.4 Å². The molecule has 5 aromatic rings. The predicted molar refractivity (Wildman–Crippen MR) is 267 cm³/mol. The van der Waals surface area contributed by atoms with Crippen molar-refractivity contribution in [3.05, 3.63) is 120 Å². The van der Waals surface area contributed by atoms with E-state index < -0.39 is 0 Å². The Morgan fingerprint density at radius 2 is 0.884 bits per heavy atom. The summed E-state index contributed by atoms with van der Waals surface area (Å²) in [4.78, 5) is 9.60. The summed E-state index contributed by atoms with van der Waals surface area (Å²) in [6, 6.07) is 26.8. The molecule has 0 bridgehead atoms. The Hall–Kier alpha value is -6.26. The Morgan fingerprint density at radius 1 is 0.493 bits per heavy atom. The molecule has 4 aromatic heterocycles. The van der Waals surface area contributed by atoms with Crippen LogP contribution in [0.2, 0.25) is 0 Å². The maximum atomic E-state index is 4.59. The number of pyridine rings is 4. The number of aromatic nitrogens is 4. The first kappa shape index (κ1) is 52.1. The Morgan fingerprint density at radius 3 is 1.30 bits per heavy atom. The van der Waals surface area contributed by atoms with Crippen molar-refractivity contribution in [3.8, 4) is 0 Å². The van der Waals surface area contributed by atoms with Crippen molar-refractivity contribution >= 4 is 46.1 Å². The molecule has 0 spiro atoms. The number of nitrogens with zero attached hydrogens (tertiary/aromatic N) is 16. The van der Waals surface area contributed by atoms with Gasteiger partial charge in [0.1, 0.15) is 0 Å². The highest BCUT2D eigenvalue weighted by molar-refractivity contribution is 5.99. The third-order valence-corrected chi connectivity index (χ3v) is 12.9. The average molecular weight is 976 g/mol. The van der Waals surface area contributed by atoms with Crippen LogP contribution in [0.4, 0.5) is 34.4 Å². The first-order valence-electron chi connectivity index (χ1n) is 24.1. The van der Waals surface area contributed by atoms with Gasteiger partial charge in [-0.3, -0.25) is 0 Å². The summed E-state index contributed by atoms with van der Waals surface area (Å²) in [5.74, 6) is 2.79. The maximum Gasteiger partial charge on any atom is 0.352 e. The SMILES string of the molecule is CC(C)C(N=Nc1cc(N2CCCC2)cc[n+]1C)=NN=c1cc(N2CCCC2)ccn1C.Cn1ccc(N2CCCC2)cc1=NN=C(N=Nc1cc(N2CCCC2)cc[n+]1C)c1ccccc1.[Cl-].[Cl-]. The molecule has 16 nitrogen and oxygen atoms in total. The zero-order chi connectivity index (χ0) is 46.5. The van der Waals surface area contributed by atoms with Gasteiger partial charge in [-0.05, 0) is 73.7 Å². The minimum absolute atomic E-state index is 0. The summed E-state index contributed by atoms with van der Waals surface area (Å²) in [5, 5.41) is 36.3. The lowest BCUT2D eigenvalue weighted by atomic mass is 10.2. The van der Waals surface area contributed by atoms with E-state index in [2.05, 4.69) is 123 Å². The molecule has 4 saturated heterocycles. The van der Waals surface area contributed by atoms with Gasteiger partial charge >= 0.3 is 11.6 Å².